The molecule has 2 heterocycles. The smallest absolute Gasteiger partial charge is 0.258 e. The summed E-state index contributed by atoms with van der Waals surface area (Å²) in [5.41, 5.74) is 0.296. The minimum absolute atomic E-state index is 0.133. The van der Waals surface area contributed by atoms with Crippen molar-refractivity contribution in [1.29, 1.82) is 0 Å². The van der Waals surface area contributed by atoms with Gasteiger partial charge < -0.3 is 0 Å². The molecule has 100 valence electrons. The fourth-order valence-corrected chi connectivity index (χ4v) is 1.98. The van der Waals surface area contributed by atoms with E-state index in [1.54, 1.807) is 18.5 Å². The van der Waals surface area contributed by atoms with E-state index < -0.39 is 11.7 Å². The van der Waals surface area contributed by atoms with Gasteiger partial charge in [-0.05, 0) is 40.2 Å². The van der Waals surface area contributed by atoms with Crippen LogP contribution in [0.5, 0.6) is 0 Å². The fourth-order valence-electron chi connectivity index (χ4n) is 1.60. The molecule has 0 aliphatic rings. The number of carbonyl (C=O) groups is 1. The predicted octanol–water partition coefficient (Wildman–Crippen LogP) is 2.28. The summed E-state index contributed by atoms with van der Waals surface area (Å²) >= 11 is 3.03. The molecule has 1 N–H and O–H groups in total. The van der Waals surface area contributed by atoms with Crippen LogP contribution in [-0.2, 0) is 0 Å². The molecule has 3 rings (SSSR count). The lowest BCUT2D eigenvalue weighted by Crippen LogP contribution is -2.13. The number of halogens is 2. The van der Waals surface area contributed by atoms with E-state index in [1.165, 1.54) is 22.7 Å². The third kappa shape index (κ3) is 2.37. The summed E-state index contributed by atoms with van der Waals surface area (Å²) in [6.07, 6.45) is 3.24. The van der Waals surface area contributed by atoms with Gasteiger partial charge in [-0.25, -0.2) is 13.9 Å². The molecule has 0 unspecified atom stereocenters. The molecule has 6 nitrogen and oxygen atoms in total. The number of hydrogen-bond acceptors (Lipinski definition) is 4. The van der Waals surface area contributed by atoms with Crippen LogP contribution in [0.4, 0.5) is 10.3 Å². The molecule has 0 bridgehead atoms. The fraction of sp³-hybridized carbons (Fsp3) is 0. The Morgan fingerprint density at radius 1 is 1.40 bits per heavy atom. The second kappa shape index (κ2) is 4.97. The topological polar surface area (TPSA) is 72.2 Å². The number of hydrogen-bond donors (Lipinski definition) is 1. The first-order valence-corrected chi connectivity index (χ1v) is 6.36. The van der Waals surface area contributed by atoms with Crippen LogP contribution in [0, 0.1) is 5.82 Å². The van der Waals surface area contributed by atoms with Crippen molar-refractivity contribution in [1.82, 2.24) is 19.6 Å². The summed E-state index contributed by atoms with van der Waals surface area (Å²) < 4.78 is 14.8. The summed E-state index contributed by atoms with van der Waals surface area (Å²) in [6.45, 7) is 0. The van der Waals surface area contributed by atoms with Gasteiger partial charge in [-0.1, -0.05) is 0 Å². The van der Waals surface area contributed by atoms with Crippen molar-refractivity contribution >= 4 is 33.6 Å². The van der Waals surface area contributed by atoms with Crippen LogP contribution >= 0.6 is 15.9 Å². The molecule has 0 aliphatic carbocycles. The van der Waals surface area contributed by atoms with Gasteiger partial charge in [0, 0.05) is 18.0 Å². The summed E-state index contributed by atoms with van der Waals surface area (Å²) in [5, 5.41) is 6.57. The van der Waals surface area contributed by atoms with Crippen molar-refractivity contribution in [3.05, 3.63) is 52.5 Å². The highest BCUT2D eigenvalue weighted by atomic mass is 79.9. The van der Waals surface area contributed by atoms with E-state index in [0.29, 0.717) is 11.3 Å². The molecular formula is C12H7BrFN5O. The molecule has 0 atom stereocenters. The maximum absolute atomic E-state index is 13.1. The molecule has 0 saturated carbocycles. The van der Waals surface area contributed by atoms with E-state index >= 15 is 0 Å². The maximum Gasteiger partial charge on any atom is 0.258 e. The van der Waals surface area contributed by atoms with Gasteiger partial charge in [0.05, 0.1) is 4.47 Å². The zero-order chi connectivity index (χ0) is 14.1. The Morgan fingerprint density at radius 3 is 3.00 bits per heavy atom. The minimum Gasteiger partial charge on any atom is -0.289 e. The van der Waals surface area contributed by atoms with Crippen LogP contribution in [0.25, 0.3) is 5.78 Å². The Kier molecular flexibility index (Phi) is 3.15. The normalized spacial score (nSPS) is 10.7. The second-order valence-corrected chi connectivity index (χ2v) is 4.74. The number of rotatable bonds is 2. The Bertz CT molecular complexity index is 770. The van der Waals surface area contributed by atoms with Gasteiger partial charge in [-0.3, -0.25) is 10.1 Å². The number of fused-ring (bicyclic) bond motifs is 1. The van der Waals surface area contributed by atoms with Gasteiger partial charge in [0.15, 0.2) is 0 Å². The monoisotopic (exact) mass is 335 g/mol. The number of aromatic nitrogens is 4. The van der Waals surface area contributed by atoms with Crippen LogP contribution in [0.15, 0.2) is 41.1 Å². The summed E-state index contributed by atoms with van der Waals surface area (Å²) in [7, 11) is 0. The maximum atomic E-state index is 13.1. The summed E-state index contributed by atoms with van der Waals surface area (Å²) in [4.78, 5) is 20.0. The van der Waals surface area contributed by atoms with E-state index in [1.807, 2.05) is 0 Å². The van der Waals surface area contributed by atoms with Crippen molar-refractivity contribution < 1.29 is 9.18 Å². The van der Waals surface area contributed by atoms with Crippen LogP contribution in [0.1, 0.15) is 10.4 Å². The quantitative estimate of drug-likeness (QED) is 0.779. The highest BCUT2D eigenvalue weighted by Crippen LogP contribution is 2.17. The van der Waals surface area contributed by atoms with Crippen molar-refractivity contribution in [2.24, 2.45) is 0 Å². The van der Waals surface area contributed by atoms with Gasteiger partial charge in [0.25, 0.3) is 17.6 Å². The standard InChI is InChI=1S/C12H7BrFN5O/c13-8-6-7(2-3-9(8)14)10(20)16-11-17-12-15-4-1-5-19(12)18-11/h1-6H,(H,16,18,20). The van der Waals surface area contributed by atoms with Crippen molar-refractivity contribution in [3.63, 3.8) is 0 Å². The van der Waals surface area contributed by atoms with E-state index in [4.69, 9.17) is 0 Å². The number of carbonyl (C=O) groups excluding carboxylic acids is 1. The minimum atomic E-state index is -0.434. The first-order valence-electron chi connectivity index (χ1n) is 5.57. The number of amides is 1. The summed E-state index contributed by atoms with van der Waals surface area (Å²) in [6, 6.07) is 5.67. The molecule has 20 heavy (non-hydrogen) atoms. The highest BCUT2D eigenvalue weighted by Gasteiger charge is 2.12. The first-order chi connectivity index (χ1) is 9.63. The average Bonchev–Trinajstić information content (AvgIpc) is 2.83. The lowest BCUT2D eigenvalue weighted by molar-refractivity contribution is 0.102. The predicted molar refractivity (Wildman–Crippen MR) is 72.8 cm³/mol. The molecule has 3 aromatic rings. The SMILES string of the molecule is O=C(Nc1nc2ncccn2n1)c1ccc(F)c(Br)c1. The number of nitrogens with one attached hydrogen (secondary N) is 1. The average molecular weight is 336 g/mol. The molecule has 1 amide bonds. The van der Waals surface area contributed by atoms with Gasteiger partial charge in [0.2, 0.25) is 0 Å². The second-order valence-electron chi connectivity index (χ2n) is 3.88. The number of benzene rings is 1. The molecule has 0 saturated heterocycles. The molecule has 0 radical (unpaired) electrons. The molecule has 0 fully saturated rings. The van der Waals surface area contributed by atoms with Crippen LogP contribution in [0.2, 0.25) is 0 Å². The van der Waals surface area contributed by atoms with E-state index in [0.717, 1.165) is 0 Å². The van der Waals surface area contributed by atoms with E-state index in [2.05, 4.69) is 36.3 Å². The Labute approximate surface area is 120 Å². The number of anilines is 1. The Hall–Kier alpha value is -2.35. The van der Waals surface area contributed by atoms with Crippen LogP contribution in [0.3, 0.4) is 0 Å². The molecule has 1 aromatic carbocycles. The lowest BCUT2D eigenvalue weighted by Gasteiger charge is -2.01. The van der Waals surface area contributed by atoms with E-state index in [9.17, 15) is 9.18 Å². The Balaban J connectivity index is 1.86. The highest BCUT2D eigenvalue weighted by molar-refractivity contribution is 9.10. The third-order valence-corrected chi connectivity index (χ3v) is 3.13. The van der Waals surface area contributed by atoms with E-state index in [-0.39, 0.29) is 10.4 Å². The Morgan fingerprint density at radius 2 is 2.25 bits per heavy atom. The molecular weight excluding hydrogens is 329 g/mol. The first kappa shape index (κ1) is 12.7. The zero-order valence-corrected chi connectivity index (χ0v) is 11.5. The lowest BCUT2D eigenvalue weighted by atomic mass is 10.2. The largest absolute Gasteiger partial charge is 0.289 e. The van der Waals surface area contributed by atoms with Gasteiger partial charge in [0.1, 0.15) is 5.82 Å². The van der Waals surface area contributed by atoms with Crippen molar-refractivity contribution in [2.75, 3.05) is 5.32 Å². The third-order valence-electron chi connectivity index (χ3n) is 2.52. The molecule has 8 heteroatoms. The zero-order valence-electron chi connectivity index (χ0n) is 9.92. The van der Waals surface area contributed by atoms with Gasteiger partial charge in [-0.2, -0.15) is 4.98 Å². The van der Waals surface area contributed by atoms with Crippen LogP contribution < -0.4 is 5.32 Å². The van der Waals surface area contributed by atoms with Crippen LogP contribution in [-0.4, -0.2) is 25.5 Å². The molecule has 0 aliphatic heterocycles. The molecule has 2 aromatic heterocycles. The van der Waals surface area contributed by atoms with Crippen molar-refractivity contribution in [3.8, 4) is 0 Å². The molecule has 0 spiro atoms. The summed E-state index contributed by atoms with van der Waals surface area (Å²) in [5.74, 6) is -0.351. The van der Waals surface area contributed by atoms with Crippen molar-refractivity contribution in [2.45, 2.75) is 0 Å². The number of nitrogens with zero attached hydrogens (tertiary/aromatic N) is 4. The van der Waals surface area contributed by atoms with Gasteiger partial charge in [-0.15, -0.1) is 5.10 Å². The van der Waals surface area contributed by atoms with Gasteiger partial charge >= 0.3 is 0 Å².